The van der Waals surface area contributed by atoms with E-state index in [4.69, 9.17) is 37.9 Å². The molecule has 1 aromatic carbocycles. The monoisotopic (exact) mass is 372 g/mol. The number of benzene rings is 1. The third-order valence-electron chi connectivity index (χ3n) is 3.80. The van der Waals surface area contributed by atoms with Gasteiger partial charge in [0.05, 0.1) is 13.2 Å². The maximum Gasteiger partial charge on any atom is 0.186 e. The van der Waals surface area contributed by atoms with Gasteiger partial charge >= 0.3 is 0 Å². The van der Waals surface area contributed by atoms with Crippen molar-refractivity contribution in [3.8, 4) is 0 Å². The lowest BCUT2D eigenvalue weighted by Gasteiger charge is -2.41. The van der Waals surface area contributed by atoms with Gasteiger partial charge in [0.1, 0.15) is 38.7 Å². The number of ether oxygens (including phenoxy) is 8. The first-order chi connectivity index (χ1) is 12.8. The van der Waals surface area contributed by atoms with Crippen LogP contribution in [0.5, 0.6) is 0 Å². The van der Waals surface area contributed by atoms with E-state index in [-0.39, 0.29) is 33.1 Å². The van der Waals surface area contributed by atoms with Crippen LogP contribution >= 0.6 is 0 Å². The molecule has 1 aliphatic heterocycles. The van der Waals surface area contributed by atoms with Crippen molar-refractivity contribution >= 4 is 0 Å². The largest absolute Gasteiger partial charge is 0.359 e. The molecule has 0 saturated carbocycles. The van der Waals surface area contributed by atoms with Crippen LogP contribution in [-0.4, -0.2) is 72.9 Å². The molecule has 1 aliphatic rings. The Morgan fingerprint density at radius 2 is 1.42 bits per heavy atom. The topological polar surface area (TPSA) is 73.8 Å². The lowest BCUT2D eigenvalue weighted by Crippen LogP contribution is -2.57. The first-order valence-electron chi connectivity index (χ1n) is 8.39. The minimum atomic E-state index is -0.630. The second-order valence-corrected chi connectivity index (χ2v) is 5.69. The summed E-state index contributed by atoms with van der Waals surface area (Å²) in [6.07, 6.45) is -2.03. The van der Waals surface area contributed by atoms with Gasteiger partial charge in [-0.2, -0.15) is 0 Å². The number of hydrogen-bond acceptors (Lipinski definition) is 8. The maximum absolute atomic E-state index is 5.93. The van der Waals surface area contributed by atoms with E-state index in [1.54, 1.807) is 21.3 Å². The molecule has 2 rings (SSSR count). The van der Waals surface area contributed by atoms with Crippen LogP contribution in [0.4, 0.5) is 0 Å². The highest BCUT2D eigenvalue weighted by Gasteiger charge is 2.44. The van der Waals surface area contributed by atoms with Crippen molar-refractivity contribution in [3.05, 3.63) is 35.9 Å². The van der Waals surface area contributed by atoms with Crippen LogP contribution in [0.25, 0.3) is 0 Å². The molecule has 1 aromatic rings. The predicted octanol–water partition coefficient (Wildman–Crippen LogP) is 1.53. The molecule has 1 saturated heterocycles. The Kier molecular flexibility index (Phi) is 10.0. The number of methoxy groups -OCH3 is 3. The minimum Gasteiger partial charge on any atom is -0.359 e. The maximum atomic E-state index is 5.93. The van der Waals surface area contributed by atoms with E-state index in [9.17, 15) is 0 Å². The SMILES string of the molecule is COCO[C@H]1[C@H](OCOC)COC(OCc2ccccc2)[C@@H]1OCOC. The van der Waals surface area contributed by atoms with E-state index in [1.807, 2.05) is 30.3 Å². The summed E-state index contributed by atoms with van der Waals surface area (Å²) >= 11 is 0. The molecule has 8 heteroatoms. The molecule has 0 N–H and O–H groups in total. The highest BCUT2D eigenvalue weighted by atomic mass is 16.8. The van der Waals surface area contributed by atoms with E-state index in [0.29, 0.717) is 6.61 Å². The Hall–Kier alpha value is -1.10. The van der Waals surface area contributed by atoms with Crippen molar-refractivity contribution in [2.45, 2.75) is 31.2 Å². The van der Waals surface area contributed by atoms with Gasteiger partial charge in [0.25, 0.3) is 0 Å². The van der Waals surface area contributed by atoms with Crippen molar-refractivity contribution in [3.63, 3.8) is 0 Å². The molecule has 0 aliphatic carbocycles. The van der Waals surface area contributed by atoms with Crippen LogP contribution in [-0.2, 0) is 44.5 Å². The van der Waals surface area contributed by atoms with Crippen LogP contribution in [0.15, 0.2) is 30.3 Å². The molecule has 4 atom stereocenters. The van der Waals surface area contributed by atoms with Crippen LogP contribution < -0.4 is 0 Å². The van der Waals surface area contributed by atoms with Gasteiger partial charge in [-0.05, 0) is 5.56 Å². The van der Waals surface area contributed by atoms with E-state index < -0.39 is 18.5 Å². The van der Waals surface area contributed by atoms with Gasteiger partial charge in [0.15, 0.2) is 6.29 Å². The molecule has 0 bridgehead atoms. The Bertz CT molecular complexity index is 472. The van der Waals surface area contributed by atoms with Crippen LogP contribution in [0.1, 0.15) is 5.56 Å². The van der Waals surface area contributed by atoms with E-state index in [1.165, 1.54) is 0 Å². The second kappa shape index (κ2) is 12.3. The van der Waals surface area contributed by atoms with E-state index in [2.05, 4.69) is 0 Å². The van der Waals surface area contributed by atoms with E-state index >= 15 is 0 Å². The Morgan fingerprint density at radius 3 is 2.08 bits per heavy atom. The average molecular weight is 372 g/mol. The normalized spacial score (nSPS) is 26.1. The van der Waals surface area contributed by atoms with Gasteiger partial charge in [-0.25, -0.2) is 0 Å². The molecule has 0 radical (unpaired) electrons. The van der Waals surface area contributed by atoms with Crippen molar-refractivity contribution < 1.29 is 37.9 Å². The molecular weight excluding hydrogens is 344 g/mol. The second-order valence-electron chi connectivity index (χ2n) is 5.69. The fourth-order valence-corrected chi connectivity index (χ4v) is 2.61. The van der Waals surface area contributed by atoms with Crippen molar-refractivity contribution in [1.82, 2.24) is 0 Å². The molecular formula is C18H28O8. The summed E-state index contributed by atoms with van der Waals surface area (Å²) in [6.45, 7) is 0.954. The fraction of sp³-hybridized carbons (Fsp3) is 0.667. The molecule has 0 spiro atoms. The summed E-state index contributed by atoms with van der Waals surface area (Å²) in [7, 11) is 4.66. The smallest absolute Gasteiger partial charge is 0.186 e. The van der Waals surface area contributed by atoms with Gasteiger partial charge in [-0.3, -0.25) is 0 Å². The lowest BCUT2D eigenvalue weighted by atomic mass is 10.0. The fourth-order valence-electron chi connectivity index (χ4n) is 2.61. The average Bonchev–Trinajstić information content (AvgIpc) is 2.69. The summed E-state index contributed by atoms with van der Waals surface area (Å²) in [5.74, 6) is 0. The zero-order chi connectivity index (χ0) is 18.6. The van der Waals surface area contributed by atoms with Crippen LogP contribution in [0.2, 0.25) is 0 Å². The van der Waals surface area contributed by atoms with Crippen LogP contribution in [0.3, 0.4) is 0 Å². The molecule has 0 amide bonds. The molecule has 1 heterocycles. The first-order valence-corrected chi connectivity index (χ1v) is 8.39. The molecule has 0 aromatic heterocycles. The van der Waals surface area contributed by atoms with E-state index in [0.717, 1.165) is 5.56 Å². The molecule has 1 unspecified atom stereocenters. The summed E-state index contributed by atoms with van der Waals surface area (Å²) < 4.78 is 44.0. The minimum absolute atomic E-state index is 0.0725. The zero-order valence-electron chi connectivity index (χ0n) is 15.5. The molecule has 1 fully saturated rings. The predicted molar refractivity (Wildman–Crippen MR) is 91.2 cm³/mol. The lowest BCUT2D eigenvalue weighted by molar-refractivity contribution is -0.319. The van der Waals surface area contributed by atoms with Crippen molar-refractivity contribution in [2.24, 2.45) is 0 Å². The first kappa shape index (κ1) is 21.2. The molecule has 26 heavy (non-hydrogen) atoms. The molecule has 8 nitrogen and oxygen atoms in total. The van der Waals surface area contributed by atoms with Gasteiger partial charge < -0.3 is 37.9 Å². The third kappa shape index (κ3) is 6.57. The summed E-state index contributed by atoms with van der Waals surface area (Å²) in [5.41, 5.74) is 1.04. The number of rotatable bonds is 12. The zero-order valence-corrected chi connectivity index (χ0v) is 15.5. The Morgan fingerprint density at radius 1 is 0.808 bits per heavy atom. The van der Waals surface area contributed by atoms with Crippen molar-refractivity contribution in [1.29, 1.82) is 0 Å². The number of hydrogen-bond donors (Lipinski definition) is 0. The quantitative estimate of drug-likeness (QED) is 0.512. The Balaban J connectivity index is 2.04. The van der Waals surface area contributed by atoms with Gasteiger partial charge in [0, 0.05) is 21.3 Å². The summed E-state index contributed by atoms with van der Waals surface area (Å²) in [4.78, 5) is 0. The standard InChI is InChI=1S/C18H28O8/c1-19-11-24-15-10-23-18(22-9-14-7-5-4-6-8-14)17(26-13-21-3)16(15)25-12-20-2/h4-8,15-18H,9-13H2,1-3H3/t15-,16+,17-,18?/m1/s1. The van der Waals surface area contributed by atoms with Gasteiger partial charge in [-0.1, -0.05) is 30.3 Å². The molecule has 148 valence electrons. The summed E-state index contributed by atoms with van der Waals surface area (Å²) in [5, 5.41) is 0. The van der Waals surface area contributed by atoms with Crippen LogP contribution in [0, 0.1) is 0 Å². The van der Waals surface area contributed by atoms with Gasteiger partial charge in [0.2, 0.25) is 0 Å². The van der Waals surface area contributed by atoms with Crippen molar-refractivity contribution in [2.75, 3.05) is 48.3 Å². The summed E-state index contributed by atoms with van der Waals surface area (Å²) in [6, 6.07) is 9.84. The highest BCUT2D eigenvalue weighted by molar-refractivity contribution is 5.13. The third-order valence-corrected chi connectivity index (χ3v) is 3.80. The Labute approximate surface area is 154 Å². The highest BCUT2D eigenvalue weighted by Crippen LogP contribution is 2.25. The van der Waals surface area contributed by atoms with Gasteiger partial charge in [-0.15, -0.1) is 0 Å².